The molecule has 2 fully saturated rings. The lowest BCUT2D eigenvalue weighted by molar-refractivity contribution is -0.117. The van der Waals surface area contributed by atoms with Gasteiger partial charge < -0.3 is 16.0 Å². The number of nitrogens with one attached hydrogen (secondary N) is 3. The van der Waals surface area contributed by atoms with E-state index < -0.39 is 0 Å². The number of carbonyl (C=O) groups excluding carboxylic acids is 2. The van der Waals surface area contributed by atoms with E-state index in [1.807, 2.05) is 6.07 Å². The smallest absolute Gasteiger partial charge is 0.251 e. The molecule has 2 unspecified atom stereocenters. The zero-order valence-electron chi connectivity index (χ0n) is 12.2. The van der Waals surface area contributed by atoms with E-state index >= 15 is 0 Å². The summed E-state index contributed by atoms with van der Waals surface area (Å²) in [6.45, 7) is 4.71. The predicted octanol–water partition coefficient (Wildman–Crippen LogP) is 1.23. The van der Waals surface area contributed by atoms with Crippen LogP contribution in [0.25, 0.3) is 0 Å². The lowest BCUT2D eigenvalue weighted by atomic mass is 10.0. The highest BCUT2D eigenvalue weighted by molar-refractivity contribution is 5.98. The van der Waals surface area contributed by atoms with Gasteiger partial charge in [0.25, 0.3) is 5.91 Å². The number of amides is 2. The predicted molar refractivity (Wildman–Crippen MR) is 81.0 cm³/mol. The summed E-state index contributed by atoms with van der Waals surface area (Å²) in [5, 5.41) is 9.00. The van der Waals surface area contributed by atoms with E-state index in [1.54, 1.807) is 18.2 Å². The molecule has 1 saturated carbocycles. The molecule has 21 heavy (non-hydrogen) atoms. The Labute approximate surface area is 124 Å². The Bertz CT molecular complexity index is 554. The Morgan fingerprint density at radius 2 is 2.10 bits per heavy atom. The molecule has 1 aliphatic heterocycles. The number of anilines is 1. The van der Waals surface area contributed by atoms with Crippen LogP contribution >= 0.6 is 0 Å². The van der Waals surface area contributed by atoms with E-state index in [4.69, 9.17) is 0 Å². The van der Waals surface area contributed by atoms with Crippen LogP contribution in [0.1, 0.15) is 23.7 Å². The second-order valence-electron chi connectivity index (χ2n) is 6.12. The van der Waals surface area contributed by atoms with Crippen molar-refractivity contribution in [2.45, 2.75) is 13.3 Å². The van der Waals surface area contributed by atoms with Gasteiger partial charge in [0.2, 0.25) is 5.91 Å². The van der Waals surface area contributed by atoms with Crippen LogP contribution in [0.4, 0.5) is 5.69 Å². The van der Waals surface area contributed by atoms with Gasteiger partial charge in [0.1, 0.15) is 0 Å². The molecule has 0 spiro atoms. The summed E-state index contributed by atoms with van der Waals surface area (Å²) in [6.07, 6.45) is 0.960. The molecule has 2 atom stereocenters. The first-order valence-electron chi connectivity index (χ1n) is 7.53. The quantitative estimate of drug-likeness (QED) is 0.763. The Morgan fingerprint density at radius 3 is 2.71 bits per heavy atom. The summed E-state index contributed by atoms with van der Waals surface area (Å²) < 4.78 is 0. The van der Waals surface area contributed by atoms with Gasteiger partial charge >= 0.3 is 0 Å². The number of hydrogen-bond donors (Lipinski definition) is 3. The van der Waals surface area contributed by atoms with E-state index in [-0.39, 0.29) is 17.7 Å². The van der Waals surface area contributed by atoms with Gasteiger partial charge in [-0.05, 0) is 30.5 Å². The lowest BCUT2D eigenvalue weighted by Gasteiger charge is -2.27. The Kier molecular flexibility index (Phi) is 3.92. The van der Waals surface area contributed by atoms with Crippen LogP contribution in [-0.2, 0) is 4.79 Å². The highest BCUT2D eigenvalue weighted by atomic mass is 16.2. The van der Waals surface area contributed by atoms with Crippen molar-refractivity contribution in [3.05, 3.63) is 29.8 Å². The standard InChI is InChI=1S/C16H21N3O2/c1-10-5-14(10)16(21)19-13-4-2-3-12(6-13)15(20)18-9-11-7-17-8-11/h2-4,6,10-11,14,17H,5,7-9H2,1H3,(H,18,20)(H,19,21). The summed E-state index contributed by atoms with van der Waals surface area (Å²) in [5.41, 5.74) is 1.28. The normalized spacial score (nSPS) is 24.0. The number of carbonyl (C=O) groups is 2. The molecule has 2 aliphatic rings. The minimum atomic E-state index is -0.0854. The fourth-order valence-corrected chi connectivity index (χ4v) is 2.49. The number of hydrogen-bond acceptors (Lipinski definition) is 3. The summed E-state index contributed by atoms with van der Waals surface area (Å²) in [5.74, 6) is 1.12. The summed E-state index contributed by atoms with van der Waals surface area (Å²) in [7, 11) is 0. The molecule has 1 aromatic carbocycles. The molecule has 1 saturated heterocycles. The van der Waals surface area contributed by atoms with Crippen LogP contribution in [0.3, 0.4) is 0 Å². The van der Waals surface area contributed by atoms with E-state index in [9.17, 15) is 9.59 Å². The molecule has 1 aliphatic carbocycles. The van der Waals surface area contributed by atoms with Gasteiger partial charge in [0.05, 0.1) is 0 Å². The molecule has 3 rings (SSSR count). The van der Waals surface area contributed by atoms with Gasteiger partial charge in [0.15, 0.2) is 0 Å². The molecule has 0 radical (unpaired) electrons. The third kappa shape index (κ3) is 3.42. The average Bonchev–Trinajstić information content (AvgIpc) is 3.14. The second-order valence-corrected chi connectivity index (χ2v) is 6.12. The molecule has 5 nitrogen and oxygen atoms in total. The fraction of sp³-hybridized carbons (Fsp3) is 0.500. The van der Waals surface area contributed by atoms with Crippen molar-refractivity contribution in [2.75, 3.05) is 25.0 Å². The first kappa shape index (κ1) is 14.1. The van der Waals surface area contributed by atoms with Crippen molar-refractivity contribution >= 4 is 17.5 Å². The number of benzene rings is 1. The van der Waals surface area contributed by atoms with Crippen LogP contribution < -0.4 is 16.0 Å². The maximum atomic E-state index is 12.1. The maximum absolute atomic E-state index is 12.1. The van der Waals surface area contributed by atoms with Gasteiger partial charge in [-0.1, -0.05) is 13.0 Å². The summed E-state index contributed by atoms with van der Waals surface area (Å²) in [4.78, 5) is 24.0. The molecule has 0 aromatic heterocycles. The van der Waals surface area contributed by atoms with Gasteiger partial charge in [-0.25, -0.2) is 0 Å². The molecule has 2 amide bonds. The van der Waals surface area contributed by atoms with Crippen LogP contribution in [0.2, 0.25) is 0 Å². The van der Waals surface area contributed by atoms with Crippen molar-refractivity contribution in [3.8, 4) is 0 Å². The lowest BCUT2D eigenvalue weighted by Crippen LogP contribution is -2.48. The SMILES string of the molecule is CC1CC1C(=O)Nc1cccc(C(=O)NCC2CNC2)c1. The van der Waals surface area contributed by atoms with Gasteiger partial charge in [-0.3, -0.25) is 9.59 Å². The molecule has 1 aromatic rings. The average molecular weight is 287 g/mol. The molecule has 1 heterocycles. The molecule has 0 bridgehead atoms. The van der Waals surface area contributed by atoms with E-state index in [2.05, 4.69) is 22.9 Å². The van der Waals surface area contributed by atoms with Crippen molar-refractivity contribution in [2.24, 2.45) is 17.8 Å². The van der Waals surface area contributed by atoms with Crippen molar-refractivity contribution in [1.82, 2.24) is 10.6 Å². The zero-order chi connectivity index (χ0) is 14.8. The summed E-state index contributed by atoms with van der Waals surface area (Å²) in [6, 6.07) is 7.12. The van der Waals surface area contributed by atoms with Crippen molar-refractivity contribution in [3.63, 3.8) is 0 Å². The first-order valence-corrected chi connectivity index (χ1v) is 7.53. The highest BCUT2D eigenvalue weighted by Crippen LogP contribution is 2.38. The third-order valence-corrected chi connectivity index (χ3v) is 4.26. The number of rotatable bonds is 5. The van der Waals surface area contributed by atoms with Crippen molar-refractivity contribution in [1.29, 1.82) is 0 Å². The minimum absolute atomic E-state index is 0.0561. The van der Waals surface area contributed by atoms with Crippen molar-refractivity contribution < 1.29 is 9.59 Å². The monoisotopic (exact) mass is 287 g/mol. The highest BCUT2D eigenvalue weighted by Gasteiger charge is 2.39. The van der Waals surface area contributed by atoms with E-state index in [0.29, 0.717) is 29.6 Å². The maximum Gasteiger partial charge on any atom is 0.251 e. The fourth-order valence-electron chi connectivity index (χ4n) is 2.49. The summed E-state index contributed by atoms with van der Waals surface area (Å²) >= 11 is 0. The van der Waals surface area contributed by atoms with Crippen LogP contribution in [0, 0.1) is 17.8 Å². The third-order valence-electron chi connectivity index (χ3n) is 4.26. The molecule has 112 valence electrons. The largest absolute Gasteiger partial charge is 0.352 e. The minimum Gasteiger partial charge on any atom is -0.352 e. The second kappa shape index (κ2) is 5.85. The Balaban J connectivity index is 1.56. The van der Waals surface area contributed by atoms with E-state index in [0.717, 1.165) is 19.5 Å². The van der Waals surface area contributed by atoms with Crippen LogP contribution in [-0.4, -0.2) is 31.4 Å². The Hall–Kier alpha value is -1.88. The van der Waals surface area contributed by atoms with Crippen LogP contribution in [0.5, 0.6) is 0 Å². The van der Waals surface area contributed by atoms with Gasteiger partial charge in [0, 0.05) is 42.7 Å². The molecular formula is C16H21N3O2. The first-order chi connectivity index (χ1) is 10.1. The zero-order valence-corrected chi connectivity index (χ0v) is 12.2. The Morgan fingerprint density at radius 1 is 1.33 bits per heavy atom. The van der Waals surface area contributed by atoms with Gasteiger partial charge in [-0.15, -0.1) is 0 Å². The van der Waals surface area contributed by atoms with Gasteiger partial charge in [-0.2, -0.15) is 0 Å². The molecular weight excluding hydrogens is 266 g/mol. The van der Waals surface area contributed by atoms with Crippen LogP contribution in [0.15, 0.2) is 24.3 Å². The molecule has 3 N–H and O–H groups in total. The topological polar surface area (TPSA) is 70.2 Å². The molecule has 5 heteroatoms. The van der Waals surface area contributed by atoms with E-state index in [1.165, 1.54) is 0 Å².